The zero-order valence-electron chi connectivity index (χ0n) is 6.91. The van der Waals surface area contributed by atoms with Crippen molar-refractivity contribution in [3.05, 3.63) is 12.2 Å². The summed E-state index contributed by atoms with van der Waals surface area (Å²) < 4.78 is 4.56. The van der Waals surface area contributed by atoms with Gasteiger partial charge < -0.3 is 9.84 Å². The van der Waals surface area contributed by atoms with Gasteiger partial charge in [0.15, 0.2) is 0 Å². The van der Waals surface area contributed by atoms with E-state index in [9.17, 15) is 4.79 Å². The summed E-state index contributed by atoms with van der Waals surface area (Å²) in [6.07, 6.45) is 3.18. The Morgan fingerprint density at radius 3 is 2.82 bits per heavy atom. The Bertz CT molecular complexity index is 140. The molecule has 3 heteroatoms. The number of hydrogen-bond donors (Lipinski definition) is 1. The van der Waals surface area contributed by atoms with Crippen LogP contribution in [0.3, 0.4) is 0 Å². The predicted molar refractivity (Wildman–Crippen MR) is 41.8 cm³/mol. The van der Waals surface area contributed by atoms with Crippen molar-refractivity contribution in [1.29, 1.82) is 0 Å². The predicted octanol–water partition coefficient (Wildman–Crippen LogP) is 1.22. The highest BCUT2D eigenvalue weighted by Crippen LogP contribution is 1.98. The number of ether oxygens (including phenoxy) is 1. The second-order valence-electron chi connectivity index (χ2n) is 2.18. The lowest BCUT2D eigenvalue weighted by Gasteiger charge is -2.07. The molecule has 0 aromatic carbocycles. The summed E-state index contributed by atoms with van der Waals surface area (Å²) in [4.78, 5) is 10.7. The first-order valence-electron chi connectivity index (χ1n) is 3.72. The Morgan fingerprint density at radius 1 is 1.73 bits per heavy atom. The summed E-state index contributed by atoms with van der Waals surface area (Å²) >= 11 is 0. The van der Waals surface area contributed by atoms with Crippen molar-refractivity contribution in [1.82, 2.24) is 0 Å². The van der Waals surface area contributed by atoms with Gasteiger partial charge in [0.25, 0.3) is 0 Å². The number of esters is 1. The Hall–Kier alpha value is -0.830. The lowest BCUT2D eigenvalue weighted by molar-refractivity contribution is -0.162. The second-order valence-corrected chi connectivity index (χ2v) is 2.18. The molecule has 0 aliphatic heterocycles. The summed E-state index contributed by atoms with van der Waals surface area (Å²) in [7, 11) is 0. The summed E-state index contributed by atoms with van der Waals surface area (Å²) in [5.41, 5.74) is 0. The van der Waals surface area contributed by atoms with Crippen molar-refractivity contribution < 1.29 is 14.6 Å². The molecule has 0 saturated heterocycles. The molecule has 0 aliphatic rings. The molecule has 1 atom stereocenters. The number of aliphatic hydroxyl groups excluding tert-OH is 1. The van der Waals surface area contributed by atoms with Gasteiger partial charge >= 0.3 is 5.97 Å². The van der Waals surface area contributed by atoms with Crippen molar-refractivity contribution >= 4 is 5.97 Å². The third-order valence-electron chi connectivity index (χ3n) is 1.09. The molecule has 11 heavy (non-hydrogen) atoms. The first kappa shape index (κ1) is 10.2. The van der Waals surface area contributed by atoms with Gasteiger partial charge in [0, 0.05) is 12.5 Å². The van der Waals surface area contributed by atoms with E-state index in [-0.39, 0.29) is 0 Å². The summed E-state index contributed by atoms with van der Waals surface area (Å²) in [5.74, 6) is -0.492. The second kappa shape index (κ2) is 5.92. The summed E-state index contributed by atoms with van der Waals surface area (Å²) in [5, 5.41) is 8.97. The van der Waals surface area contributed by atoms with Gasteiger partial charge in [0.2, 0.25) is 6.29 Å². The maximum atomic E-state index is 10.7. The van der Waals surface area contributed by atoms with Crippen LogP contribution in [0.4, 0.5) is 0 Å². The quantitative estimate of drug-likeness (QED) is 0.380. The molecule has 0 aliphatic carbocycles. The third-order valence-corrected chi connectivity index (χ3v) is 1.09. The minimum Gasteiger partial charge on any atom is -0.433 e. The molecule has 0 saturated carbocycles. The largest absolute Gasteiger partial charge is 0.433 e. The number of rotatable bonds is 4. The summed E-state index contributed by atoms with van der Waals surface area (Å²) in [6.45, 7) is 3.63. The average molecular weight is 158 g/mol. The minimum atomic E-state index is -0.955. The van der Waals surface area contributed by atoms with E-state index in [1.165, 1.54) is 6.08 Å². The van der Waals surface area contributed by atoms with E-state index in [4.69, 9.17) is 5.11 Å². The maximum Gasteiger partial charge on any atom is 0.332 e. The first-order valence-corrected chi connectivity index (χ1v) is 3.72. The Balaban J connectivity index is 3.57. The molecule has 3 nitrogen and oxygen atoms in total. The van der Waals surface area contributed by atoms with Gasteiger partial charge in [-0.15, -0.1) is 0 Å². The molecule has 1 N–H and O–H groups in total. The number of hydrogen-bond acceptors (Lipinski definition) is 3. The van der Waals surface area contributed by atoms with E-state index in [1.54, 1.807) is 13.0 Å². The van der Waals surface area contributed by atoms with E-state index >= 15 is 0 Å². The SMILES string of the molecule is CC=CC(=O)OC(O)CCC. The molecule has 0 heterocycles. The number of aliphatic hydroxyl groups is 1. The van der Waals surface area contributed by atoms with E-state index in [1.807, 2.05) is 6.92 Å². The van der Waals surface area contributed by atoms with Crippen LogP contribution in [0.1, 0.15) is 26.7 Å². The smallest absolute Gasteiger partial charge is 0.332 e. The van der Waals surface area contributed by atoms with Crippen molar-refractivity contribution in [2.45, 2.75) is 33.0 Å². The van der Waals surface area contributed by atoms with Crippen molar-refractivity contribution in [2.24, 2.45) is 0 Å². The molecule has 0 rings (SSSR count). The Labute approximate surface area is 66.7 Å². The molecule has 0 amide bonds. The van der Waals surface area contributed by atoms with Crippen LogP contribution in [0, 0.1) is 0 Å². The Kier molecular flexibility index (Phi) is 5.47. The fourth-order valence-corrected chi connectivity index (χ4v) is 0.615. The van der Waals surface area contributed by atoms with E-state index in [2.05, 4.69) is 4.74 Å². The highest BCUT2D eigenvalue weighted by Gasteiger charge is 2.05. The normalized spacial score (nSPS) is 13.4. The highest BCUT2D eigenvalue weighted by molar-refractivity contribution is 5.81. The van der Waals surface area contributed by atoms with Crippen LogP contribution in [0.5, 0.6) is 0 Å². The standard InChI is InChI=1S/C8H14O3/c1-3-5-7(9)11-8(10)6-4-2/h3,5,8,10H,4,6H2,1-2H3. The van der Waals surface area contributed by atoms with Crippen LogP contribution in [-0.2, 0) is 9.53 Å². The van der Waals surface area contributed by atoms with E-state index in [0.29, 0.717) is 6.42 Å². The van der Waals surface area contributed by atoms with Gasteiger partial charge in [0.05, 0.1) is 0 Å². The monoisotopic (exact) mass is 158 g/mol. The van der Waals surface area contributed by atoms with Gasteiger partial charge in [-0.05, 0) is 6.92 Å². The van der Waals surface area contributed by atoms with Crippen molar-refractivity contribution in [3.8, 4) is 0 Å². The summed E-state index contributed by atoms with van der Waals surface area (Å²) in [6, 6.07) is 0. The fourth-order valence-electron chi connectivity index (χ4n) is 0.615. The number of allylic oxidation sites excluding steroid dienone is 1. The minimum absolute atomic E-state index is 0.489. The van der Waals surface area contributed by atoms with Crippen LogP contribution in [0.25, 0.3) is 0 Å². The van der Waals surface area contributed by atoms with Gasteiger partial charge in [-0.25, -0.2) is 4.79 Å². The molecule has 0 aromatic rings. The molecular formula is C8H14O3. The van der Waals surface area contributed by atoms with Gasteiger partial charge in [0.1, 0.15) is 0 Å². The van der Waals surface area contributed by atoms with Crippen molar-refractivity contribution in [2.75, 3.05) is 0 Å². The highest BCUT2D eigenvalue weighted by atomic mass is 16.6. The Morgan fingerprint density at radius 2 is 2.36 bits per heavy atom. The molecular weight excluding hydrogens is 144 g/mol. The lowest BCUT2D eigenvalue weighted by Crippen LogP contribution is -2.15. The molecule has 0 radical (unpaired) electrons. The molecule has 0 fully saturated rings. The zero-order valence-corrected chi connectivity index (χ0v) is 6.91. The molecule has 64 valence electrons. The molecule has 1 unspecified atom stereocenters. The van der Waals surface area contributed by atoms with Gasteiger partial charge in [-0.3, -0.25) is 0 Å². The zero-order chi connectivity index (χ0) is 8.69. The topological polar surface area (TPSA) is 46.5 Å². The van der Waals surface area contributed by atoms with Gasteiger partial charge in [-0.2, -0.15) is 0 Å². The van der Waals surface area contributed by atoms with Crippen LogP contribution in [0.2, 0.25) is 0 Å². The maximum absolute atomic E-state index is 10.7. The lowest BCUT2D eigenvalue weighted by atomic mass is 10.3. The van der Waals surface area contributed by atoms with Crippen molar-refractivity contribution in [3.63, 3.8) is 0 Å². The first-order chi connectivity index (χ1) is 5.20. The van der Waals surface area contributed by atoms with Crippen LogP contribution in [-0.4, -0.2) is 17.4 Å². The number of carbonyl (C=O) groups excluding carboxylic acids is 1. The average Bonchev–Trinajstić information content (AvgIpc) is 1.87. The van der Waals surface area contributed by atoms with Gasteiger partial charge in [-0.1, -0.05) is 19.4 Å². The molecule has 0 aromatic heterocycles. The van der Waals surface area contributed by atoms with Crippen LogP contribution < -0.4 is 0 Å². The molecule has 0 bridgehead atoms. The van der Waals surface area contributed by atoms with Crippen LogP contribution in [0.15, 0.2) is 12.2 Å². The fraction of sp³-hybridized carbons (Fsp3) is 0.625. The van der Waals surface area contributed by atoms with E-state index in [0.717, 1.165) is 6.42 Å². The number of carbonyl (C=O) groups is 1. The van der Waals surface area contributed by atoms with Crippen LogP contribution >= 0.6 is 0 Å². The van der Waals surface area contributed by atoms with E-state index < -0.39 is 12.3 Å². The third kappa shape index (κ3) is 5.61. The molecule has 0 spiro atoms.